The molecule has 6 heteroatoms. The largest absolute Gasteiger partial charge is 0.468 e. The number of esters is 1. The summed E-state index contributed by atoms with van der Waals surface area (Å²) in [7, 11) is 1.56. The van der Waals surface area contributed by atoms with Crippen LogP contribution in [0.2, 0.25) is 0 Å². The summed E-state index contributed by atoms with van der Waals surface area (Å²) in [6.07, 6.45) is 3.13. The lowest BCUT2D eigenvalue weighted by Crippen LogP contribution is -2.08. The van der Waals surface area contributed by atoms with Crippen LogP contribution in [0.25, 0.3) is 6.08 Å². The third-order valence-corrected chi connectivity index (χ3v) is 3.31. The smallest absolute Gasteiger partial charge is 0.338 e. The van der Waals surface area contributed by atoms with Crippen LogP contribution >= 0.6 is 0 Å². The molecule has 0 radical (unpaired) electrons. The standard InChI is InChI=1S/C20H21NO5/c1-3-25-20(23)16-7-9-17(10-8-16)21-19(22)13-6-15-4-11-18(12-5-15)26-14-24-2/h4-13H,3,14H2,1-2H3,(H,21,22)/b13-6+. The zero-order valence-electron chi connectivity index (χ0n) is 14.7. The Morgan fingerprint density at radius 1 is 1.04 bits per heavy atom. The molecule has 0 aromatic heterocycles. The Labute approximate surface area is 152 Å². The fourth-order valence-electron chi connectivity index (χ4n) is 2.06. The number of amides is 1. The molecule has 2 aromatic rings. The molecule has 0 fully saturated rings. The van der Waals surface area contributed by atoms with Crippen molar-refractivity contribution in [2.45, 2.75) is 6.92 Å². The average Bonchev–Trinajstić information content (AvgIpc) is 2.66. The van der Waals surface area contributed by atoms with E-state index >= 15 is 0 Å². The quantitative estimate of drug-likeness (QED) is 0.446. The monoisotopic (exact) mass is 355 g/mol. The topological polar surface area (TPSA) is 73.9 Å². The summed E-state index contributed by atoms with van der Waals surface area (Å²) in [4.78, 5) is 23.6. The van der Waals surface area contributed by atoms with Crippen LogP contribution in [0, 0.1) is 0 Å². The summed E-state index contributed by atoms with van der Waals surface area (Å²) < 4.78 is 15.0. The molecule has 26 heavy (non-hydrogen) atoms. The van der Waals surface area contributed by atoms with Crippen molar-refractivity contribution >= 4 is 23.6 Å². The van der Waals surface area contributed by atoms with Crippen LogP contribution in [-0.2, 0) is 14.3 Å². The van der Waals surface area contributed by atoms with Crippen molar-refractivity contribution in [3.8, 4) is 5.75 Å². The summed E-state index contributed by atoms with van der Waals surface area (Å²) in [5.41, 5.74) is 1.90. The van der Waals surface area contributed by atoms with Gasteiger partial charge in [-0.2, -0.15) is 0 Å². The van der Waals surface area contributed by atoms with Gasteiger partial charge in [0.25, 0.3) is 0 Å². The van der Waals surface area contributed by atoms with Crippen LogP contribution in [0.5, 0.6) is 5.75 Å². The molecule has 0 spiro atoms. The lowest BCUT2D eigenvalue weighted by Gasteiger charge is -2.05. The summed E-state index contributed by atoms with van der Waals surface area (Å²) >= 11 is 0. The number of anilines is 1. The van der Waals surface area contributed by atoms with Crippen molar-refractivity contribution in [3.05, 3.63) is 65.7 Å². The minimum Gasteiger partial charge on any atom is -0.468 e. The van der Waals surface area contributed by atoms with Crippen LogP contribution in [0.15, 0.2) is 54.6 Å². The van der Waals surface area contributed by atoms with Gasteiger partial charge in [0, 0.05) is 18.9 Å². The number of hydrogen-bond donors (Lipinski definition) is 1. The number of benzene rings is 2. The molecule has 0 unspecified atom stereocenters. The Hall–Kier alpha value is -3.12. The van der Waals surface area contributed by atoms with E-state index in [9.17, 15) is 9.59 Å². The van der Waals surface area contributed by atoms with E-state index in [4.69, 9.17) is 14.2 Å². The second kappa shape index (κ2) is 10.0. The van der Waals surface area contributed by atoms with Crippen molar-refractivity contribution < 1.29 is 23.8 Å². The van der Waals surface area contributed by atoms with Gasteiger partial charge in [-0.3, -0.25) is 4.79 Å². The maximum Gasteiger partial charge on any atom is 0.338 e. The summed E-state index contributed by atoms with van der Waals surface area (Å²) in [6.45, 7) is 2.26. The zero-order valence-corrected chi connectivity index (χ0v) is 14.7. The number of carbonyl (C=O) groups is 2. The van der Waals surface area contributed by atoms with Gasteiger partial charge in [0.15, 0.2) is 6.79 Å². The van der Waals surface area contributed by atoms with Crippen molar-refractivity contribution in [3.63, 3.8) is 0 Å². The Bertz CT molecular complexity index is 751. The normalized spacial score (nSPS) is 10.5. The highest BCUT2D eigenvalue weighted by Crippen LogP contribution is 2.14. The molecule has 2 rings (SSSR count). The predicted octanol–water partition coefficient (Wildman–Crippen LogP) is 3.50. The van der Waals surface area contributed by atoms with Gasteiger partial charge in [-0.1, -0.05) is 12.1 Å². The number of rotatable bonds is 8. The third-order valence-electron chi connectivity index (χ3n) is 3.31. The number of carbonyl (C=O) groups excluding carboxylic acids is 2. The maximum atomic E-state index is 12.0. The predicted molar refractivity (Wildman–Crippen MR) is 99.0 cm³/mol. The van der Waals surface area contributed by atoms with Crippen LogP contribution in [-0.4, -0.2) is 32.4 Å². The molecule has 0 aliphatic heterocycles. The van der Waals surface area contributed by atoms with Crippen LogP contribution < -0.4 is 10.1 Å². The SMILES string of the molecule is CCOC(=O)c1ccc(NC(=O)/C=C/c2ccc(OCOC)cc2)cc1. The van der Waals surface area contributed by atoms with E-state index in [0.717, 1.165) is 5.56 Å². The first-order valence-electron chi connectivity index (χ1n) is 8.10. The van der Waals surface area contributed by atoms with E-state index in [1.807, 2.05) is 12.1 Å². The highest BCUT2D eigenvalue weighted by molar-refractivity contribution is 6.02. The fourth-order valence-corrected chi connectivity index (χ4v) is 2.06. The zero-order chi connectivity index (χ0) is 18.8. The lowest BCUT2D eigenvalue weighted by atomic mass is 10.2. The van der Waals surface area contributed by atoms with Crippen LogP contribution in [0.1, 0.15) is 22.8 Å². The molecule has 0 saturated carbocycles. The fraction of sp³-hybridized carbons (Fsp3) is 0.200. The number of hydrogen-bond acceptors (Lipinski definition) is 5. The Morgan fingerprint density at radius 3 is 2.35 bits per heavy atom. The van der Waals surface area contributed by atoms with Crippen molar-refractivity contribution in [2.75, 3.05) is 25.8 Å². The molecule has 0 heterocycles. The van der Waals surface area contributed by atoms with Gasteiger partial charge in [-0.15, -0.1) is 0 Å². The van der Waals surface area contributed by atoms with Gasteiger partial charge < -0.3 is 19.5 Å². The van der Waals surface area contributed by atoms with Crippen molar-refractivity contribution in [2.24, 2.45) is 0 Å². The van der Waals surface area contributed by atoms with E-state index < -0.39 is 0 Å². The number of methoxy groups -OCH3 is 1. The highest BCUT2D eigenvalue weighted by atomic mass is 16.7. The third kappa shape index (κ3) is 6.07. The minimum atomic E-state index is -0.386. The highest BCUT2D eigenvalue weighted by Gasteiger charge is 2.06. The molecule has 1 amide bonds. The Balaban J connectivity index is 1.89. The first kappa shape index (κ1) is 19.2. The molecule has 1 N–H and O–H groups in total. The Kier molecular flexibility index (Phi) is 7.39. The molecule has 0 aliphatic rings. The van der Waals surface area contributed by atoms with Gasteiger partial charge in [0.2, 0.25) is 5.91 Å². The second-order valence-corrected chi connectivity index (χ2v) is 5.24. The average molecular weight is 355 g/mol. The number of ether oxygens (including phenoxy) is 3. The van der Waals surface area contributed by atoms with E-state index in [2.05, 4.69) is 5.32 Å². The van der Waals surface area contributed by atoms with Gasteiger partial charge in [-0.05, 0) is 55.0 Å². The van der Waals surface area contributed by atoms with Crippen molar-refractivity contribution in [1.82, 2.24) is 0 Å². The summed E-state index contributed by atoms with van der Waals surface area (Å²) in [5.74, 6) is 0.0342. The molecule has 2 aromatic carbocycles. The molecular weight excluding hydrogens is 334 g/mol. The second-order valence-electron chi connectivity index (χ2n) is 5.24. The molecule has 6 nitrogen and oxygen atoms in total. The van der Waals surface area contributed by atoms with E-state index in [1.165, 1.54) is 6.08 Å². The van der Waals surface area contributed by atoms with E-state index in [1.54, 1.807) is 56.5 Å². The number of nitrogens with one attached hydrogen (secondary N) is 1. The molecule has 136 valence electrons. The maximum absolute atomic E-state index is 12.0. The van der Waals surface area contributed by atoms with Gasteiger partial charge in [0.1, 0.15) is 5.75 Å². The van der Waals surface area contributed by atoms with Gasteiger partial charge in [-0.25, -0.2) is 4.79 Å². The van der Waals surface area contributed by atoms with Crippen LogP contribution in [0.4, 0.5) is 5.69 Å². The van der Waals surface area contributed by atoms with Crippen LogP contribution in [0.3, 0.4) is 0 Å². The van der Waals surface area contributed by atoms with E-state index in [0.29, 0.717) is 23.6 Å². The molecule has 0 atom stereocenters. The van der Waals surface area contributed by atoms with Gasteiger partial charge in [0.05, 0.1) is 12.2 Å². The molecular formula is C20H21NO5. The van der Waals surface area contributed by atoms with E-state index in [-0.39, 0.29) is 18.7 Å². The molecule has 0 bridgehead atoms. The van der Waals surface area contributed by atoms with Crippen molar-refractivity contribution in [1.29, 1.82) is 0 Å². The Morgan fingerprint density at radius 2 is 1.73 bits per heavy atom. The minimum absolute atomic E-state index is 0.187. The molecule has 0 saturated heterocycles. The first-order valence-corrected chi connectivity index (χ1v) is 8.10. The van der Waals surface area contributed by atoms with Gasteiger partial charge >= 0.3 is 5.97 Å². The lowest BCUT2D eigenvalue weighted by molar-refractivity contribution is -0.111. The summed E-state index contributed by atoms with van der Waals surface area (Å²) in [6, 6.07) is 13.8. The molecule has 0 aliphatic carbocycles. The first-order chi connectivity index (χ1) is 12.6. The summed E-state index contributed by atoms with van der Waals surface area (Å²) in [5, 5.41) is 2.73.